The van der Waals surface area contributed by atoms with Crippen molar-refractivity contribution in [2.75, 3.05) is 11.2 Å². The fourth-order valence-electron chi connectivity index (χ4n) is 5.77. The predicted octanol–water partition coefficient (Wildman–Crippen LogP) is 7.79. The first kappa shape index (κ1) is 37.8. The molecule has 0 heterocycles. The van der Waals surface area contributed by atoms with Crippen LogP contribution in [0.25, 0.3) is 27.6 Å². The van der Waals surface area contributed by atoms with Gasteiger partial charge in [0, 0.05) is 32.8 Å². The van der Waals surface area contributed by atoms with Crippen LogP contribution in [0.3, 0.4) is 0 Å². The molecule has 17 nitrogen and oxygen atoms in total. The summed E-state index contributed by atoms with van der Waals surface area (Å²) < 4.78 is 102. The number of Topliss-reactive ketones (excluding diaryl/α,β-unsaturated/α-hetero) is 1. The second kappa shape index (κ2) is 14.3. The molecule has 6 N–H and O–H groups in total. The number of nitrogens with zero attached hydrogens (tertiary/aromatic N) is 5. The maximum Gasteiger partial charge on any atom is 0.296 e. The maximum absolute atomic E-state index is 13.4. The maximum atomic E-state index is 13.4. The number of ketones is 1. The van der Waals surface area contributed by atoms with E-state index in [1.165, 1.54) is 60.7 Å². The van der Waals surface area contributed by atoms with Crippen LogP contribution in [0.2, 0.25) is 0 Å². The molecule has 7 rings (SSSR count). The summed E-state index contributed by atoms with van der Waals surface area (Å²) in [7, 11) is -14.3. The number of nitrogens with two attached hydrogens (primary N) is 1. The number of nitrogen functional groups attached to an aromatic ring is 1. The first-order valence-corrected chi connectivity index (χ1v) is 20.2. The van der Waals surface area contributed by atoms with E-state index in [9.17, 15) is 43.7 Å². The number of benzene rings is 6. The minimum Gasteiger partial charge on any atom is -0.399 e. The van der Waals surface area contributed by atoms with Crippen molar-refractivity contribution in [3.63, 3.8) is 0 Å². The summed E-state index contributed by atoms with van der Waals surface area (Å²) in [6, 6.07) is 26.0. The number of allylic oxidation sites excluding steroid dienone is 1. The van der Waals surface area contributed by atoms with E-state index in [1.54, 1.807) is 30.3 Å². The highest BCUT2D eigenvalue weighted by Crippen LogP contribution is 2.39. The SMILES string of the molecule is Nc1ccc2c(c1)C(=O)/C(=N/Nc1ccc(N=Nc3ccc(N=Nc4ccccc4)c4cc(S(=O)(=O)O)ccc34)c3cc(S(=O)(=O)O)ccc13)C(S(=O)(=O)O)=C2. The van der Waals surface area contributed by atoms with E-state index in [2.05, 4.69) is 31.0 Å². The van der Waals surface area contributed by atoms with Crippen LogP contribution >= 0.6 is 0 Å². The van der Waals surface area contributed by atoms with Crippen LogP contribution in [-0.2, 0) is 30.4 Å². The van der Waals surface area contributed by atoms with Gasteiger partial charge in [-0.3, -0.25) is 23.9 Å². The Bertz CT molecular complexity index is 3110. The summed E-state index contributed by atoms with van der Waals surface area (Å²) in [4.78, 5) is 11.7. The van der Waals surface area contributed by atoms with Crippen LogP contribution in [0.4, 0.5) is 34.1 Å². The van der Waals surface area contributed by atoms with Crippen molar-refractivity contribution in [2.45, 2.75) is 9.79 Å². The van der Waals surface area contributed by atoms with Gasteiger partial charge >= 0.3 is 0 Å². The van der Waals surface area contributed by atoms with Gasteiger partial charge in [-0.2, -0.15) is 35.5 Å². The zero-order valence-corrected chi connectivity index (χ0v) is 30.7. The molecule has 0 amide bonds. The monoisotopic (exact) mass is 811 g/mol. The summed E-state index contributed by atoms with van der Waals surface area (Å²) in [6.07, 6.45) is 1.07. The number of rotatable bonds is 9. The molecule has 282 valence electrons. The Morgan fingerprint density at radius 2 is 1.11 bits per heavy atom. The van der Waals surface area contributed by atoms with Gasteiger partial charge in [-0.05, 0) is 84.4 Å². The van der Waals surface area contributed by atoms with Gasteiger partial charge in [-0.15, -0.1) is 15.3 Å². The van der Waals surface area contributed by atoms with Crippen molar-refractivity contribution in [1.82, 2.24) is 0 Å². The molecule has 0 unspecified atom stereocenters. The number of nitrogens with one attached hydrogen (secondary N) is 1. The van der Waals surface area contributed by atoms with E-state index in [0.717, 1.165) is 24.3 Å². The van der Waals surface area contributed by atoms with E-state index in [4.69, 9.17) is 5.73 Å². The van der Waals surface area contributed by atoms with Gasteiger partial charge in [0.05, 0.1) is 38.2 Å². The molecule has 0 bridgehead atoms. The van der Waals surface area contributed by atoms with Gasteiger partial charge in [-0.25, -0.2) is 0 Å². The number of carbonyl (C=O) groups is 1. The Morgan fingerprint density at radius 3 is 1.71 bits per heavy atom. The molecule has 0 saturated heterocycles. The molecule has 0 aliphatic heterocycles. The Hall–Kier alpha value is -6.55. The summed E-state index contributed by atoms with van der Waals surface area (Å²) in [5.41, 5.74) is 9.37. The molecule has 20 heteroatoms. The first-order valence-electron chi connectivity index (χ1n) is 15.9. The second-order valence-corrected chi connectivity index (χ2v) is 16.3. The number of anilines is 2. The van der Waals surface area contributed by atoms with Crippen molar-refractivity contribution in [2.24, 2.45) is 25.6 Å². The Labute approximate surface area is 317 Å². The number of carbonyl (C=O) groups excluding carboxylic acids is 1. The normalized spacial score (nSPS) is 14.5. The topological polar surface area (TPSA) is 280 Å². The Morgan fingerprint density at radius 1 is 0.554 bits per heavy atom. The third-order valence-corrected chi connectivity index (χ3v) is 11.0. The molecular formula is C36H25N7O10S3. The highest BCUT2D eigenvalue weighted by atomic mass is 32.2. The molecule has 0 fully saturated rings. The molecule has 0 saturated carbocycles. The fraction of sp³-hybridized carbons (Fsp3) is 0. The molecule has 1 aliphatic rings. The van der Waals surface area contributed by atoms with Crippen LogP contribution in [0.5, 0.6) is 0 Å². The molecule has 6 aromatic carbocycles. The van der Waals surface area contributed by atoms with E-state index in [-0.39, 0.29) is 55.7 Å². The van der Waals surface area contributed by atoms with E-state index < -0.39 is 56.5 Å². The number of hydrazone groups is 1. The number of azo groups is 2. The van der Waals surface area contributed by atoms with Crippen molar-refractivity contribution >= 4 is 104 Å². The highest BCUT2D eigenvalue weighted by molar-refractivity contribution is 7.91. The van der Waals surface area contributed by atoms with Gasteiger partial charge in [0.1, 0.15) is 4.91 Å². The average molecular weight is 812 g/mol. The van der Waals surface area contributed by atoms with E-state index >= 15 is 0 Å². The summed E-state index contributed by atoms with van der Waals surface area (Å²) >= 11 is 0. The van der Waals surface area contributed by atoms with Gasteiger partial charge in [0.15, 0.2) is 5.71 Å². The van der Waals surface area contributed by atoms with E-state index in [0.29, 0.717) is 11.1 Å². The second-order valence-electron chi connectivity index (χ2n) is 12.1. The molecule has 6 aromatic rings. The van der Waals surface area contributed by atoms with Crippen LogP contribution in [0, 0.1) is 0 Å². The van der Waals surface area contributed by atoms with Gasteiger partial charge < -0.3 is 5.73 Å². The zero-order valence-electron chi connectivity index (χ0n) is 28.2. The molecule has 0 aromatic heterocycles. The van der Waals surface area contributed by atoms with Crippen LogP contribution in [-0.4, -0.2) is 50.4 Å². The lowest BCUT2D eigenvalue weighted by atomic mass is 9.94. The Kier molecular flexibility index (Phi) is 9.62. The average Bonchev–Trinajstić information content (AvgIpc) is 3.15. The van der Waals surface area contributed by atoms with Crippen molar-refractivity contribution < 1.29 is 43.7 Å². The lowest BCUT2D eigenvalue weighted by Gasteiger charge is -2.17. The minimum absolute atomic E-state index is 0.0328. The number of fused-ring (bicyclic) bond motifs is 3. The van der Waals surface area contributed by atoms with Crippen LogP contribution in [0.15, 0.2) is 149 Å². The largest absolute Gasteiger partial charge is 0.399 e. The minimum atomic E-state index is -4.95. The molecule has 0 atom stereocenters. The molecular weight excluding hydrogens is 787 g/mol. The molecule has 1 aliphatic carbocycles. The van der Waals surface area contributed by atoms with Crippen molar-refractivity contribution in [1.29, 1.82) is 0 Å². The van der Waals surface area contributed by atoms with Crippen molar-refractivity contribution in [3.8, 4) is 0 Å². The molecule has 56 heavy (non-hydrogen) atoms. The standard InChI is InChI=1S/C36H25N7O10S3/c37-21-7-6-20-16-34(56(51,52)53)35(36(44)27(20)17-21)43-42-31-13-15-33(29-19-24(55(48,49)50)9-11-26(29)31)41-40-30-12-14-32(39-38-22-4-2-1-3-5-22)28-18-23(54(45,46)47)8-10-25(28)30/h1-19,42H,37H2,(H,45,46,47)(H,48,49,50)(H,51,52,53)/b39-38?,41-40?,43-35+. The summed E-state index contributed by atoms with van der Waals surface area (Å²) in [6.45, 7) is 0. The Balaban J connectivity index is 1.32. The third kappa shape index (κ3) is 7.68. The molecule has 0 radical (unpaired) electrons. The number of hydrogen-bond acceptors (Lipinski definition) is 14. The number of hydrogen-bond donors (Lipinski definition) is 5. The van der Waals surface area contributed by atoms with E-state index in [1.807, 2.05) is 0 Å². The smallest absolute Gasteiger partial charge is 0.296 e. The fourth-order valence-corrected chi connectivity index (χ4v) is 7.44. The third-order valence-electron chi connectivity index (χ3n) is 8.42. The predicted molar refractivity (Wildman–Crippen MR) is 208 cm³/mol. The summed E-state index contributed by atoms with van der Waals surface area (Å²) in [5.74, 6) is -0.859. The lowest BCUT2D eigenvalue weighted by molar-refractivity contribution is 0.106. The highest BCUT2D eigenvalue weighted by Gasteiger charge is 2.33. The van der Waals surface area contributed by atoms with Crippen LogP contribution < -0.4 is 11.2 Å². The summed E-state index contributed by atoms with van der Waals surface area (Å²) in [5, 5.41) is 22.1. The van der Waals surface area contributed by atoms with Crippen LogP contribution in [0.1, 0.15) is 15.9 Å². The zero-order chi connectivity index (χ0) is 40.0. The van der Waals surface area contributed by atoms with Gasteiger partial charge in [0.25, 0.3) is 30.4 Å². The lowest BCUT2D eigenvalue weighted by Crippen LogP contribution is -2.27. The van der Waals surface area contributed by atoms with Gasteiger partial charge in [-0.1, -0.05) is 36.4 Å². The van der Waals surface area contributed by atoms with Crippen molar-refractivity contribution in [3.05, 3.63) is 125 Å². The molecule has 0 spiro atoms. The first-order chi connectivity index (χ1) is 26.5. The quantitative estimate of drug-likeness (QED) is 0.0405. The van der Waals surface area contributed by atoms with Gasteiger partial charge in [0.2, 0.25) is 5.78 Å².